The Hall–Kier alpha value is -2.37. The van der Waals surface area contributed by atoms with Crippen LogP contribution in [0.25, 0.3) is 0 Å². The highest BCUT2D eigenvalue weighted by Gasteiger charge is 2.45. The second-order valence-electron chi connectivity index (χ2n) is 7.38. The predicted octanol–water partition coefficient (Wildman–Crippen LogP) is 3.18. The van der Waals surface area contributed by atoms with Gasteiger partial charge in [0, 0.05) is 18.9 Å². The molecule has 1 aromatic carbocycles. The van der Waals surface area contributed by atoms with Crippen LogP contribution in [-0.2, 0) is 11.0 Å². The van der Waals surface area contributed by atoms with E-state index in [1.165, 1.54) is 5.56 Å². The van der Waals surface area contributed by atoms with Crippen molar-refractivity contribution in [2.45, 2.75) is 56.4 Å². The van der Waals surface area contributed by atoms with Crippen molar-refractivity contribution in [1.82, 2.24) is 20.8 Å². The summed E-state index contributed by atoms with van der Waals surface area (Å²) < 4.78 is 5.13. The number of benzene rings is 1. The molecule has 2 fully saturated rings. The van der Waals surface area contributed by atoms with E-state index in [9.17, 15) is 4.79 Å². The minimum atomic E-state index is -0.495. The second kappa shape index (κ2) is 6.17. The van der Waals surface area contributed by atoms with Gasteiger partial charge in [-0.1, -0.05) is 48.3 Å². The van der Waals surface area contributed by atoms with Gasteiger partial charge >= 0.3 is 6.03 Å². The standard InChI is InChI=1S/C19H24N4O2/c1-14-21-16(23-25-14)19(9-5-6-10-19)22-17(24)20-13-18(11-12-18)15-7-3-2-4-8-15/h2-4,7-8H,5-6,9-13H2,1H3,(H2,20,22,24). The normalized spacial score (nSPS) is 20.2. The molecule has 0 aliphatic heterocycles. The van der Waals surface area contributed by atoms with E-state index in [1.807, 2.05) is 6.07 Å². The number of amides is 2. The largest absolute Gasteiger partial charge is 0.340 e. The van der Waals surface area contributed by atoms with Gasteiger partial charge in [-0.2, -0.15) is 4.98 Å². The predicted molar refractivity (Wildman–Crippen MR) is 93.1 cm³/mol. The lowest BCUT2D eigenvalue weighted by Gasteiger charge is -2.27. The SMILES string of the molecule is Cc1nc(C2(NC(=O)NCC3(c4ccccc4)CC3)CCCC2)no1. The van der Waals surface area contributed by atoms with E-state index in [-0.39, 0.29) is 11.4 Å². The first-order valence-corrected chi connectivity index (χ1v) is 9.04. The average molecular weight is 340 g/mol. The molecule has 4 rings (SSSR count). The molecule has 0 unspecified atom stereocenters. The van der Waals surface area contributed by atoms with Crippen LogP contribution in [0.5, 0.6) is 0 Å². The number of urea groups is 1. The fraction of sp³-hybridized carbons (Fsp3) is 0.526. The summed E-state index contributed by atoms with van der Waals surface area (Å²) in [6, 6.07) is 10.3. The lowest BCUT2D eigenvalue weighted by Crippen LogP contribution is -2.50. The van der Waals surface area contributed by atoms with Crippen molar-refractivity contribution >= 4 is 6.03 Å². The molecule has 2 saturated carbocycles. The maximum Gasteiger partial charge on any atom is 0.315 e. The minimum Gasteiger partial charge on any atom is -0.340 e. The Labute approximate surface area is 147 Å². The highest BCUT2D eigenvalue weighted by atomic mass is 16.5. The summed E-state index contributed by atoms with van der Waals surface area (Å²) in [7, 11) is 0. The smallest absolute Gasteiger partial charge is 0.315 e. The number of carbonyl (C=O) groups excluding carboxylic acids is 1. The number of hydrogen-bond donors (Lipinski definition) is 2. The number of hydrogen-bond acceptors (Lipinski definition) is 4. The lowest BCUT2D eigenvalue weighted by molar-refractivity contribution is 0.219. The number of nitrogens with one attached hydrogen (secondary N) is 2. The van der Waals surface area contributed by atoms with Gasteiger partial charge in [0.05, 0.1) is 0 Å². The third-order valence-electron chi connectivity index (χ3n) is 5.59. The van der Waals surface area contributed by atoms with Crippen LogP contribution in [0.2, 0.25) is 0 Å². The van der Waals surface area contributed by atoms with E-state index < -0.39 is 5.54 Å². The molecule has 2 N–H and O–H groups in total. The molecular weight excluding hydrogens is 316 g/mol. The summed E-state index contributed by atoms with van der Waals surface area (Å²) in [6.45, 7) is 2.43. The molecule has 0 atom stereocenters. The van der Waals surface area contributed by atoms with Crippen LogP contribution in [0.1, 0.15) is 55.8 Å². The molecule has 2 aliphatic rings. The molecule has 0 radical (unpaired) electrons. The molecule has 0 saturated heterocycles. The number of nitrogens with zero attached hydrogens (tertiary/aromatic N) is 2. The van der Waals surface area contributed by atoms with Crippen LogP contribution in [0, 0.1) is 6.92 Å². The van der Waals surface area contributed by atoms with Crippen LogP contribution >= 0.6 is 0 Å². The molecule has 2 aromatic rings. The zero-order valence-electron chi connectivity index (χ0n) is 14.5. The van der Waals surface area contributed by atoms with Crippen molar-refractivity contribution in [3.63, 3.8) is 0 Å². The molecule has 6 heteroatoms. The molecule has 6 nitrogen and oxygen atoms in total. The third kappa shape index (κ3) is 3.13. The average Bonchev–Trinajstić information content (AvgIpc) is 3.04. The summed E-state index contributed by atoms with van der Waals surface area (Å²) in [6.07, 6.45) is 6.05. The topological polar surface area (TPSA) is 80.0 Å². The van der Waals surface area contributed by atoms with Gasteiger partial charge in [-0.05, 0) is 31.2 Å². The molecule has 0 bridgehead atoms. The van der Waals surface area contributed by atoms with Crippen LogP contribution < -0.4 is 10.6 Å². The monoisotopic (exact) mass is 340 g/mol. The van der Waals surface area contributed by atoms with Crippen LogP contribution in [0.4, 0.5) is 4.79 Å². The number of aromatic nitrogens is 2. The lowest BCUT2D eigenvalue weighted by atomic mass is 9.95. The zero-order valence-corrected chi connectivity index (χ0v) is 14.5. The fourth-order valence-corrected chi connectivity index (χ4v) is 3.90. The van der Waals surface area contributed by atoms with Gasteiger partial charge in [0.25, 0.3) is 0 Å². The van der Waals surface area contributed by atoms with E-state index >= 15 is 0 Å². The molecule has 2 amide bonds. The summed E-state index contributed by atoms with van der Waals surface area (Å²) in [4.78, 5) is 16.9. The minimum absolute atomic E-state index is 0.101. The summed E-state index contributed by atoms with van der Waals surface area (Å²) in [5, 5.41) is 10.3. The van der Waals surface area contributed by atoms with E-state index in [2.05, 4.69) is 45.0 Å². The third-order valence-corrected chi connectivity index (χ3v) is 5.59. The Morgan fingerprint density at radius 1 is 1.16 bits per heavy atom. The molecule has 132 valence electrons. The van der Waals surface area contributed by atoms with Gasteiger partial charge in [0.1, 0.15) is 5.54 Å². The summed E-state index contributed by atoms with van der Waals surface area (Å²) >= 11 is 0. The Bertz CT molecular complexity index is 746. The number of carbonyl (C=O) groups is 1. The Morgan fingerprint density at radius 2 is 1.88 bits per heavy atom. The summed E-state index contributed by atoms with van der Waals surface area (Å²) in [5.74, 6) is 1.13. The Kier molecular flexibility index (Phi) is 3.98. The van der Waals surface area contributed by atoms with Crippen molar-refractivity contribution in [2.24, 2.45) is 0 Å². The Morgan fingerprint density at radius 3 is 2.48 bits per heavy atom. The van der Waals surface area contributed by atoms with Gasteiger partial charge in [0.2, 0.25) is 5.89 Å². The number of aryl methyl sites for hydroxylation is 1. The quantitative estimate of drug-likeness (QED) is 0.876. The van der Waals surface area contributed by atoms with Crippen LogP contribution in [0.15, 0.2) is 34.9 Å². The van der Waals surface area contributed by atoms with E-state index in [0.29, 0.717) is 18.3 Å². The van der Waals surface area contributed by atoms with Crippen molar-refractivity contribution in [1.29, 1.82) is 0 Å². The van der Waals surface area contributed by atoms with Crippen molar-refractivity contribution in [3.8, 4) is 0 Å². The summed E-state index contributed by atoms with van der Waals surface area (Å²) in [5.41, 5.74) is 0.912. The highest BCUT2D eigenvalue weighted by Crippen LogP contribution is 2.47. The first-order chi connectivity index (χ1) is 12.1. The maximum absolute atomic E-state index is 12.6. The molecule has 2 aliphatic carbocycles. The second-order valence-corrected chi connectivity index (χ2v) is 7.38. The highest BCUT2D eigenvalue weighted by molar-refractivity contribution is 5.75. The molecule has 1 aromatic heterocycles. The first-order valence-electron chi connectivity index (χ1n) is 9.04. The van der Waals surface area contributed by atoms with E-state index in [1.54, 1.807) is 6.92 Å². The fourth-order valence-electron chi connectivity index (χ4n) is 3.90. The van der Waals surface area contributed by atoms with Gasteiger partial charge in [0.15, 0.2) is 5.82 Å². The maximum atomic E-state index is 12.6. The molecule has 0 spiro atoms. The zero-order chi connectivity index (χ0) is 17.3. The van der Waals surface area contributed by atoms with Crippen LogP contribution in [0.3, 0.4) is 0 Å². The van der Waals surface area contributed by atoms with Crippen molar-refractivity contribution in [3.05, 3.63) is 47.6 Å². The van der Waals surface area contributed by atoms with Crippen LogP contribution in [-0.4, -0.2) is 22.7 Å². The molecular formula is C19H24N4O2. The van der Waals surface area contributed by atoms with Crippen molar-refractivity contribution in [2.75, 3.05) is 6.54 Å². The Balaban J connectivity index is 1.41. The van der Waals surface area contributed by atoms with Gasteiger partial charge in [-0.15, -0.1) is 0 Å². The van der Waals surface area contributed by atoms with Crippen molar-refractivity contribution < 1.29 is 9.32 Å². The first kappa shape index (κ1) is 16.1. The van der Waals surface area contributed by atoms with E-state index in [0.717, 1.165) is 38.5 Å². The van der Waals surface area contributed by atoms with Gasteiger partial charge < -0.3 is 15.2 Å². The molecule has 25 heavy (non-hydrogen) atoms. The van der Waals surface area contributed by atoms with Gasteiger partial charge in [-0.25, -0.2) is 4.79 Å². The number of rotatable bonds is 5. The van der Waals surface area contributed by atoms with E-state index in [4.69, 9.17) is 4.52 Å². The molecule has 1 heterocycles. The van der Waals surface area contributed by atoms with Gasteiger partial charge in [-0.3, -0.25) is 0 Å².